The Morgan fingerprint density at radius 3 is 1.94 bits per heavy atom. The van der Waals surface area contributed by atoms with Crippen molar-refractivity contribution in [3.05, 3.63) is 46.6 Å². The average molecular weight is 741 g/mol. The largest absolute Gasteiger partial charge is 0.508 e. The van der Waals surface area contributed by atoms with E-state index in [0.29, 0.717) is 0 Å². The van der Waals surface area contributed by atoms with Crippen LogP contribution in [0.25, 0.3) is 22.3 Å². The van der Waals surface area contributed by atoms with E-state index in [1.807, 2.05) is 0 Å². The highest BCUT2D eigenvalue weighted by Gasteiger charge is 2.51. The Morgan fingerprint density at radius 1 is 0.673 bits per heavy atom. The molecular formula is C33H40O19. The van der Waals surface area contributed by atoms with E-state index in [9.17, 15) is 61.0 Å². The van der Waals surface area contributed by atoms with Gasteiger partial charge in [-0.05, 0) is 38.1 Å². The van der Waals surface area contributed by atoms with Crippen molar-refractivity contribution in [3.8, 4) is 34.3 Å². The standard InChI is InChI=1S/C33H40O19/c1-10-19(36)23(40)27(44)31(47-10)52-30-25(42)20(37)11(2)48-33(30)46-9-17-21(38)24(41)28(45)32(51-17)49-14-5-3-12(4-6-14)29-26(43)22(39)18-15(35)7-13(34)8-16(18)50-29/h3-8,10-11,17,19-21,23-25,27-28,30-38,40-45H,9H2,1-2H3. The smallest absolute Gasteiger partial charge is 0.238 e. The van der Waals surface area contributed by atoms with Crippen molar-refractivity contribution in [1.29, 1.82) is 0 Å². The van der Waals surface area contributed by atoms with E-state index in [2.05, 4.69) is 0 Å². The summed E-state index contributed by atoms with van der Waals surface area (Å²) in [5, 5.41) is 114. The molecule has 4 heterocycles. The van der Waals surface area contributed by atoms with Gasteiger partial charge in [0.25, 0.3) is 0 Å². The van der Waals surface area contributed by atoms with E-state index in [1.54, 1.807) is 0 Å². The minimum Gasteiger partial charge on any atom is -0.508 e. The van der Waals surface area contributed by atoms with Crippen LogP contribution >= 0.6 is 0 Å². The van der Waals surface area contributed by atoms with Crippen LogP contribution in [0.3, 0.4) is 0 Å². The maximum absolute atomic E-state index is 12.7. The molecule has 3 aliphatic rings. The molecule has 2 aromatic carbocycles. The first-order chi connectivity index (χ1) is 24.6. The van der Waals surface area contributed by atoms with Gasteiger partial charge in [-0.3, -0.25) is 4.79 Å². The average Bonchev–Trinajstić information content (AvgIpc) is 3.11. The quantitative estimate of drug-likeness (QED) is 0.113. The Balaban J connectivity index is 1.15. The van der Waals surface area contributed by atoms with Crippen LogP contribution in [-0.4, -0.2) is 155 Å². The van der Waals surface area contributed by atoms with Crippen LogP contribution in [0.4, 0.5) is 0 Å². The molecule has 3 fully saturated rings. The Bertz CT molecular complexity index is 1770. The van der Waals surface area contributed by atoms with Crippen molar-refractivity contribution in [2.45, 2.75) is 106 Å². The fourth-order valence-electron chi connectivity index (χ4n) is 6.19. The number of benzene rings is 2. The number of aromatic hydroxyl groups is 3. The number of hydrogen-bond acceptors (Lipinski definition) is 19. The number of hydrogen-bond donors (Lipinski definition) is 11. The summed E-state index contributed by atoms with van der Waals surface area (Å²) >= 11 is 0. The molecule has 0 radical (unpaired) electrons. The maximum Gasteiger partial charge on any atom is 0.238 e. The summed E-state index contributed by atoms with van der Waals surface area (Å²) in [6.07, 6.45) is -23.0. The highest BCUT2D eigenvalue weighted by Crippen LogP contribution is 2.36. The number of aliphatic hydroxyl groups is 8. The second-order valence-electron chi connectivity index (χ2n) is 12.9. The molecule has 6 rings (SSSR count). The van der Waals surface area contributed by atoms with Gasteiger partial charge >= 0.3 is 0 Å². The highest BCUT2D eigenvalue weighted by atomic mass is 16.8. The first-order valence-electron chi connectivity index (χ1n) is 16.2. The van der Waals surface area contributed by atoms with Crippen molar-refractivity contribution in [2.24, 2.45) is 0 Å². The number of phenolic OH excluding ortho intramolecular Hbond substituents is 2. The molecule has 0 saturated carbocycles. The van der Waals surface area contributed by atoms with Crippen LogP contribution in [0, 0.1) is 0 Å². The molecule has 11 N–H and O–H groups in total. The zero-order chi connectivity index (χ0) is 37.8. The molecular weight excluding hydrogens is 700 g/mol. The molecule has 3 aliphatic heterocycles. The molecule has 0 bridgehead atoms. The van der Waals surface area contributed by atoms with Gasteiger partial charge < -0.3 is 89.0 Å². The molecule has 19 nitrogen and oxygen atoms in total. The van der Waals surface area contributed by atoms with E-state index in [-0.39, 0.29) is 33.8 Å². The normalized spacial score (nSPS) is 38.3. The lowest BCUT2D eigenvalue weighted by molar-refractivity contribution is -0.367. The summed E-state index contributed by atoms with van der Waals surface area (Å²) in [5.41, 5.74) is -0.964. The van der Waals surface area contributed by atoms with E-state index in [4.69, 9.17) is 32.8 Å². The third-order valence-corrected chi connectivity index (χ3v) is 9.28. The number of aliphatic hydroxyl groups excluding tert-OH is 8. The molecule has 3 aromatic rings. The van der Waals surface area contributed by atoms with E-state index < -0.39 is 116 Å². The van der Waals surface area contributed by atoms with Gasteiger partial charge in [0, 0.05) is 17.7 Å². The third kappa shape index (κ3) is 7.16. The predicted octanol–water partition coefficient (Wildman–Crippen LogP) is -2.54. The Morgan fingerprint density at radius 2 is 1.27 bits per heavy atom. The lowest BCUT2D eigenvalue weighted by Gasteiger charge is -2.46. The molecule has 15 atom stereocenters. The van der Waals surface area contributed by atoms with E-state index in [1.165, 1.54) is 38.1 Å². The van der Waals surface area contributed by atoms with Gasteiger partial charge in [-0.25, -0.2) is 0 Å². The minimum atomic E-state index is -1.81. The zero-order valence-corrected chi connectivity index (χ0v) is 27.5. The Hall–Kier alpha value is -3.67. The fraction of sp³-hybridized carbons (Fsp3) is 0.545. The summed E-state index contributed by atoms with van der Waals surface area (Å²) < 4.78 is 39.6. The summed E-state index contributed by atoms with van der Waals surface area (Å²) in [6, 6.07) is 7.45. The van der Waals surface area contributed by atoms with Crippen molar-refractivity contribution < 1.29 is 89.0 Å². The molecule has 0 amide bonds. The molecule has 0 aliphatic carbocycles. The molecule has 3 saturated heterocycles. The van der Waals surface area contributed by atoms with Crippen molar-refractivity contribution in [1.82, 2.24) is 0 Å². The maximum atomic E-state index is 12.7. The van der Waals surface area contributed by atoms with Crippen LogP contribution in [-0.2, 0) is 23.7 Å². The van der Waals surface area contributed by atoms with Gasteiger partial charge in [-0.15, -0.1) is 0 Å². The van der Waals surface area contributed by atoms with Gasteiger partial charge in [-0.1, -0.05) is 0 Å². The van der Waals surface area contributed by atoms with Gasteiger partial charge in [0.2, 0.25) is 17.5 Å². The number of phenols is 2. The second kappa shape index (κ2) is 15.0. The topological polar surface area (TPSA) is 308 Å². The summed E-state index contributed by atoms with van der Waals surface area (Å²) in [7, 11) is 0. The molecule has 286 valence electrons. The van der Waals surface area contributed by atoms with Crippen LogP contribution in [0.15, 0.2) is 45.6 Å². The first-order valence-corrected chi connectivity index (χ1v) is 16.2. The Labute approximate surface area is 293 Å². The number of fused-ring (bicyclic) bond motifs is 1. The van der Waals surface area contributed by atoms with Gasteiger partial charge in [0.05, 0.1) is 18.8 Å². The van der Waals surface area contributed by atoms with E-state index >= 15 is 0 Å². The second-order valence-corrected chi connectivity index (χ2v) is 12.9. The number of ether oxygens (including phenoxy) is 6. The zero-order valence-electron chi connectivity index (χ0n) is 27.5. The van der Waals surface area contributed by atoms with E-state index in [0.717, 1.165) is 12.1 Å². The molecule has 1 aromatic heterocycles. The summed E-state index contributed by atoms with van der Waals surface area (Å²) in [5.74, 6) is -2.02. The molecule has 0 spiro atoms. The van der Waals surface area contributed by atoms with Gasteiger partial charge in [-0.2, -0.15) is 0 Å². The minimum absolute atomic E-state index is 0.0524. The Kier molecular flexibility index (Phi) is 11.0. The number of rotatable bonds is 8. The van der Waals surface area contributed by atoms with Crippen LogP contribution in [0.2, 0.25) is 0 Å². The molecule has 15 unspecified atom stereocenters. The summed E-state index contributed by atoms with van der Waals surface area (Å²) in [6.45, 7) is 2.28. The van der Waals surface area contributed by atoms with Gasteiger partial charge in [0.15, 0.2) is 18.3 Å². The lowest BCUT2D eigenvalue weighted by atomic mass is 9.97. The predicted molar refractivity (Wildman–Crippen MR) is 170 cm³/mol. The SMILES string of the molecule is CC1OC(OC2C(OCC3OC(Oc4ccc(-c5oc6cc(O)cc(O)c6c(=O)c5O)cc4)C(O)C(O)C3O)OC(C)C(O)C2O)C(O)C(O)C1O. The fourth-order valence-corrected chi connectivity index (χ4v) is 6.19. The van der Waals surface area contributed by atoms with Crippen molar-refractivity contribution in [3.63, 3.8) is 0 Å². The van der Waals surface area contributed by atoms with Crippen LogP contribution in [0.5, 0.6) is 23.0 Å². The molecule has 19 heteroatoms. The summed E-state index contributed by atoms with van der Waals surface area (Å²) in [4.78, 5) is 12.7. The van der Waals surface area contributed by atoms with Crippen LogP contribution in [0.1, 0.15) is 13.8 Å². The highest BCUT2D eigenvalue weighted by molar-refractivity contribution is 5.88. The van der Waals surface area contributed by atoms with Crippen LogP contribution < -0.4 is 10.2 Å². The third-order valence-electron chi connectivity index (χ3n) is 9.28. The first kappa shape index (κ1) is 38.1. The van der Waals surface area contributed by atoms with Crippen molar-refractivity contribution >= 4 is 11.0 Å². The van der Waals surface area contributed by atoms with Crippen molar-refractivity contribution in [2.75, 3.05) is 6.61 Å². The molecule has 52 heavy (non-hydrogen) atoms. The lowest BCUT2D eigenvalue weighted by Crippen LogP contribution is -2.64. The van der Waals surface area contributed by atoms with Gasteiger partial charge in [0.1, 0.15) is 89.3 Å². The monoisotopic (exact) mass is 740 g/mol.